The number of rotatable bonds is 5. The Morgan fingerprint density at radius 2 is 1.95 bits per heavy atom. The zero-order valence-corrected chi connectivity index (χ0v) is 21.1. The van der Waals surface area contributed by atoms with E-state index in [2.05, 4.69) is 26.0 Å². The molecule has 1 aliphatic rings. The van der Waals surface area contributed by atoms with Crippen molar-refractivity contribution < 1.29 is 19.4 Å². The summed E-state index contributed by atoms with van der Waals surface area (Å²) in [4.78, 5) is 35.5. The third-order valence-corrected chi connectivity index (χ3v) is 7.41. The van der Waals surface area contributed by atoms with Crippen LogP contribution in [0, 0.1) is 13.8 Å². The van der Waals surface area contributed by atoms with Gasteiger partial charge in [0.2, 0.25) is 5.88 Å². The van der Waals surface area contributed by atoms with Crippen LogP contribution in [-0.4, -0.2) is 55.9 Å². The summed E-state index contributed by atoms with van der Waals surface area (Å²) < 4.78 is 12.4. The molecule has 5 aromatic rings. The lowest BCUT2D eigenvalue weighted by Crippen LogP contribution is -2.38. The molecular formula is C26H22N6O4S. The minimum atomic E-state index is -1.08. The summed E-state index contributed by atoms with van der Waals surface area (Å²) in [7, 11) is 1.57. The summed E-state index contributed by atoms with van der Waals surface area (Å²) in [6.45, 7) is 3.92. The number of thiazole rings is 1. The first-order valence-corrected chi connectivity index (χ1v) is 12.4. The number of amides is 1. The number of carbonyl (C=O) groups is 1. The van der Waals surface area contributed by atoms with Crippen LogP contribution >= 0.6 is 11.3 Å². The molecule has 0 aliphatic carbocycles. The van der Waals surface area contributed by atoms with E-state index in [9.17, 15) is 9.90 Å². The van der Waals surface area contributed by atoms with Crippen molar-refractivity contribution in [1.82, 2.24) is 24.9 Å². The first-order valence-electron chi connectivity index (χ1n) is 11.6. The van der Waals surface area contributed by atoms with Crippen LogP contribution in [0.1, 0.15) is 17.0 Å². The number of benzene rings is 2. The molecule has 0 radical (unpaired) electrons. The molecule has 0 saturated heterocycles. The van der Waals surface area contributed by atoms with Gasteiger partial charge in [0.25, 0.3) is 0 Å². The molecule has 1 N–H and O–H groups in total. The number of nitrogens with zero attached hydrogens (tertiary/aromatic N) is 6. The first kappa shape index (κ1) is 23.0. The largest absolute Gasteiger partial charge is 0.488 e. The fourth-order valence-electron chi connectivity index (χ4n) is 4.53. The fourth-order valence-corrected chi connectivity index (χ4v) is 5.66. The molecule has 0 spiro atoms. The monoisotopic (exact) mass is 514 g/mol. The highest BCUT2D eigenvalue weighted by atomic mass is 32.1. The number of hydrogen-bond donors (Lipinski definition) is 1. The number of aromatic nitrogens is 5. The number of ether oxygens (including phenoxy) is 2. The second kappa shape index (κ2) is 8.93. The minimum absolute atomic E-state index is 0.156. The van der Waals surface area contributed by atoms with Gasteiger partial charge in [-0.15, -0.1) is 11.3 Å². The van der Waals surface area contributed by atoms with Crippen LogP contribution < -0.4 is 14.4 Å². The van der Waals surface area contributed by atoms with Gasteiger partial charge in [-0.3, -0.25) is 4.90 Å². The second-order valence-electron chi connectivity index (χ2n) is 8.83. The van der Waals surface area contributed by atoms with E-state index in [1.54, 1.807) is 31.6 Å². The molecule has 0 unspecified atom stereocenters. The lowest BCUT2D eigenvalue weighted by Gasteiger charge is -2.22. The Morgan fingerprint density at radius 3 is 2.70 bits per heavy atom. The summed E-state index contributed by atoms with van der Waals surface area (Å²) in [6, 6.07) is 7.88. The zero-order chi connectivity index (χ0) is 25.7. The van der Waals surface area contributed by atoms with Crippen LogP contribution in [0.3, 0.4) is 0 Å². The quantitative estimate of drug-likeness (QED) is 0.352. The zero-order valence-electron chi connectivity index (χ0n) is 20.3. The molecule has 0 saturated carbocycles. The van der Waals surface area contributed by atoms with Crippen LogP contribution in [0.2, 0.25) is 0 Å². The molecule has 4 heterocycles. The van der Waals surface area contributed by atoms with Crippen molar-refractivity contribution in [3.8, 4) is 22.2 Å². The Morgan fingerprint density at radius 1 is 1.14 bits per heavy atom. The summed E-state index contributed by atoms with van der Waals surface area (Å²) in [5, 5.41) is 10.6. The number of methoxy groups -OCH3 is 1. The normalized spacial score (nSPS) is 14.5. The third-order valence-electron chi connectivity index (χ3n) is 6.25. The summed E-state index contributed by atoms with van der Waals surface area (Å²) in [5.74, 6) is 1.78. The van der Waals surface area contributed by atoms with E-state index in [4.69, 9.17) is 14.5 Å². The van der Waals surface area contributed by atoms with E-state index in [0.717, 1.165) is 48.7 Å². The molecule has 6 rings (SSSR count). The van der Waals surface area contributed by atoms with E-state index < -0.39 is 6.09 Å². The van der Waals surface area contributed by atoms with E-state index in [1.807, 2.05) is 25.1 Å². The van der Waals surface area contributed by atoms with Crippen molar-refractivity contribution in [2.75, 3.05) is 18.6 Å². The van der Waals surface area contributed by atoms with Crippen LogP contribution in [0.5, 0.6) is 11.6 Å². The Labute approximate surface area is 215 Å². The highest BCUT2D eigenvalue weighted by molar-refractivity contribution is 7.22. The molecule has 1 amide bonds. The first-order chi connectivity index (χ1) is 17.9. The minimum Gasteiger partial charge on any atom is -0.488 e. The van der Waals surface area contributed by atoms with Gasteiger partial charge < -0.3 is 14.6 Å². The summed E-state index contributed by atoms with van der Waals surface area (Å²) in [5.41, 5.74) is 5.76. The Kier molecular flexibility index (Phi) is 5.56. The molecule has 10 nitrogen and oxygen atoms in total. The Hall–Kier alpha value is -4.38. The smallest absolute Gasteiger partial charge is 0.412 e. The number of fused-ring (bicyclic) bond motifs is 4. The van der Waals surface area contributed by atoms with Gasteiger partial charge >= 0.3 is 6.09 Å². The number of aryl methyl sites for hydroxylation is 2. The molecule has 1 aliphatic heterocycles. The number of carboxylic acid groups (broad SMARTS) is 1. The van der Waals surface area contributed by atoms with E-state index in [-0.39, 0.29) is 12.6 Å². The van der Waals surface area contributed by atoms with Gasteiger partial charge in [-0.1, -0.05) is 0 Å². The van der Waals surface area contributed by atoms with Crippen molar-refractivity contribution in [1.29, 1.82) is 0 Å². The number of anilines is 1. The van der Waals surface area contributed by atoms with Crippen molar-refractivity contribution in [2.24, 2.45) is 0 Å². The van der Waals surface area contributed by atoms with E-state index in [0.29, 0.717) is 23.8 Å². The van der Waals surface area contributed by atoms with Crippen LogP contribution in [0.4, 0.5) is 10.5 Å². The standard InChI is InChI=1S/C26H22N6O4S/c1-13-6-18(23-20(7-13)30-22(35-3)11-29-23)25-31-19-4-5-21-17(24(19)37-25)8-16(36-21)12-32(26(33)34)15-9-27-14(2)28-10-15/h4-7,9-11,16H,8,12H2,1-3H3,(H,33,34)/t16-/m0/s1. The predicted octanol–water partition coefficient (Wildman–Crippen LogP) is 4.81. The van der Waals surface area contributed by atoms with Gasteiger partial charge in [0, 0.05) is 17.5 Å². The van der Waals surface area contributed by atoms with Crippen LogP contribution in [0.15, 0.2) is 42.9 Å². The Bertz CT molecular complexity index is 1670. The van der Waals surface area contributed by atoms with Crippen LogP contribution in [-0.2, 0) is 6.42 Å². The molecule has 11 heteroatoms. The van der Waals surface area contributed by atoms with Gasteiger partial charge in [-0.05, 0) is 43.7 Å². The lowest BCUT2D eigenvalue weighted by atomic mass is 10.1. The maximum Gasteiger partial charge on any atom is 0.412 e. The maximum absolute atomic E-state index is 12.0. The van der Waals surface area contributed by atoms with Gasteiger partial charge in [-0.2, -0.15) is 0 Å². The molecule has 1 atom stereocenters. The SMILES string of the molecule is COc1cnc2c(-c3nc4ccc5c(c4s3)C[C@@H](CN(C(=O)O)c3cnc(C)nc3)O5)cc(C)cc2n1. The van der Waals surface area contributed by atoms with Gasteiger partial charge in [-0.25, -0.2) is 29.7 Å². The molecule has 3 aromatic heterocycles. The molecule has 37 heavy (non-hydrogen) atoms. The van der Waals surface area contributed by atoms with Gasteiger partial charge in [0.05, 0.1) is 59.2 Å². The molecule has 2 aromatic carbocycles. The second-order valence-corrected chi connectivity index (χ2v) is 9.83. The van der Waals surface area contributed by atoms with Crippen molar-refractivity contribution in [3.63, 3.8) is 0 Å². The van der Waals surface area contributed by atoms with Gasteiger partial charge in [0.15, 0.2) is 0 Å². The van der Waals surface area contributed by atoms with Crippen molar-refractivity contribution >= 4 is 44.4 Å². The van der Waals surface area contributed by atoms with E-state index in [1.165, 1.54) is 17.3 Å². The third kappa shape index (κ3) is 4.16. The van der Waals surface area contributed by atoms with Crippen LogP contribution in [0.25, 0.3) is 31.8 Å². The fraction of sp³-hybridized carbons (Fsp3) is 0.231. The van der Waals surface area contributed by atoms with Crippen molar-refractivity contribution in [2.45, 2.75) is 26.4 Å². The topological polar surface area (TPSA) is 123 Å². The molecule has 0 bridgehead atoms. The predicted molar refractivity (Wildman–Crippen MR) is 140 cm³/mol. The van der Waals surface area contributed by atoms with Crippen molar-refractivity contribution in [3.05, 3.63) is 59.8 Å². The highest BCUT2D eigenvalue weighted by Gasteiger charge is 2.30. The lowest BCUT2D eigenvalue weighted by molar-refractivity contribution is 0.191. The molecule has 186 valence electrons. The highest BCUT2D eigenvalue weighted by Crippen LogP contribution is 2.42. The molecular weight excluding hydrogens is 492 g/mol. The Balaban J connectivity index is 1.34. The summed E-state index contributed by atoms with van der Waals surface area (Å²) in [6.07, 6.45) is 3.77. The maximum atomic E-state index is 12.0. The molecule has 0 fully saturated rings. The van der Waals surface area contributed by atoms with Gasteiger partial charge in [0.1, 0.15) is 22.7 Å². The summed E-state index contributed by atoms with van der Waals surface area (Å²) >= 11 is 1.57. The average molecular weight is 515 g/mol. The average Bonchev–Trinajstić information content (AvgIpc) is 3.50. The number of hydrogen-bond acceptors (Lipinski definition) is 9. The van der Waals surface area contributed by atoms with E-state index >= 15 is 0 Å².